The van der Waals surface area contributed by atoms with Crippen LogP contribution in [0.15, 0.2) is 53.4 Å². The van der Waals surface area contributed by atoms with Gasteiger partial charge < -0.3 is 9.47 Å². The van der Waals surface area contributed by atoms with Gasteiger partial charge in [-0.3, -0.25) is 0 Å². The number of rotatable bonds is 6. The molecule has 1 heterocycles. The molecule has 1 atom stereocenters. The molecular formula is C29H26F10O2S. The van der Waals surface area contributed by atoms with Crippen molar-refractivity contribution in [1.82, 2.24) is 0 Å². The third kappa shape index (κ3) is 6.30. The number of hydrogen-bond acceptors (Lipinski definition) is 2. The lowest BCUT2D eigenvalue weighted by molar-refractivity contribution is -0.189. The molecule has 1 aliphatic carbocycles. The highest BCUT2D eigenvalue weighted by Gasteiger charge is 2.65. The average Bonchev–Trinajstić information content (AvgIpc) is 2.86. The Hall–Kier alpha value is -3.09. The molecular weight excluding hydrogens is 602 g/mol. The smallest absolute Gasteiger partial charge is 0.432 e. The summed E-state index contributed by atoms with van der Waals surface area (Å²) in [7, 11) is -10.1. The molecule has 0 bridgehead atoms. The SMILES string of the molecule is CC1CCC(C2COc3cc(-c4cc(F)c(C(F)(F)Oc5ccc(S(F)(F)(F)(F)F)cc5)c(F)c4)c(F)cc3C2)CC1. The summed E-state index contributed by atoms with van der Waals surface area (Å²) < 4.78 is 149. The average molecular weight is 629 g/mol. The van der Waals surface area contributed by atoms with Gasteiger partial charge in [-0.1, -0.05) is 39.2 Å². The lowest BCUT2D eigenvalue weighted by Gasteiger charge is -2.40. The minimum Gasteiger partial charge on any atom is -0.493 e. The van der Waals surface area contributed by atoms with Crippen molar-refractivity contribution in [3.63, 3.8) is 0 Å². The van der Waals surface area contributed by atoms with Gasteiger partial charge in [-0.05, 0) is 96.7 Å². The molecule has 2 aliphatic rings. The molecule has 1 unspecified atom stereocenters. The van der Waals surface area contributed by atoms with E-state index in [-0.39, 0.29) is 35.7 Å². The summed E-state index contributed by atoms with van der Waals surface area (Å²) in [4.78, 5) is -2.36. The zero-order valence-electron chi connectivity index (χ0n) is 22.1. The summed E-state index contributed by atoms with van der Waals surface area (Å²) in [6, 6.07) is 3.38. The number of benzene rings is 3. The summed E-state index contributed by atoms with van der Waals surface area (Å²) in [6.07, 6.45) is 0.137. The van der Waals surface area contributed by atoms with Gasteiger partial charge in [0.15, 0.2) is 0 Å². The first kappa shape index (κ1) is 30.4. The highest BCUT2D eigenvalue weighted by molar-refractivity contribution is 8.45. The molecule has 0 saturated heterocycles. The van der Waals surface area contributed by atoms with Crippen molar-refractivity contribution in [3.05, 3.63) is 77.1 Å². The summed E-state index contributed by atoms with van der Waals surface area (Å²) >= 11 is 0. The second kappa shape index (κ2) is 9.72. The van der Waals surface area contributed by atoms with Gasteiger partial charge in [-0.15, -0.1) is 0 Å². The fraction of sp³-hybridized carbons (Fsp3) is 0.379. The van der Waals surface area contributed by atoms with Crippen molar-refractivity contribution >= 4 is 10.2 Å². The largest absolute Gasteiger partial charge is 0.493 e. The highest BCUT2D eigenvalue weighted by atomic mass is 32.5. The van der Waals surface area contributed by atoms with Gasteiger partial charge in [0.05, 0.1) is 6.61 Å². The van der Waals surface area contributed by atoms with Crippen molar-refractivity contribution in [3.8, 4) is 22.6 Å². The van der Waals surface area contributed by atoms with Crippen LogP contribution in [0, 0.1) is 35.2 Å². The van der Waals surface area contributed by atoms with E-state index in [0.717, 1.165) is 25.7 Å². The fourth-order valence-electron chi connectivity index (χ4n) is 5.68. The maximum absolute atomic E-state index is 15.1. The number of hydrogen-bond donors (Lipinski definition) is 0. The number of alkyl halides is 2. The quantitative estimate of drug-likeness (QED) is 0.253. The Kier molecular flexibility index (Phi) is 7.03. The van der Waals surface area contributed by atoms with E-state index in [1.165, 1.54) is 12.1 Å². The van der Waals surface area contributed by atoms with Gasteiger partial charge in [-0.2, -0.15) is 8.78 Å². The van der Waals surface area contributed by atoms with Crippen molar-refractivity contribution < 1.29 is 50.9 Å². The van der Waals surface area contributed by atoms with Crippen LogP contribution in [0.1, 0.15) is 43.7 Å². The van der Waals surface area contributed by atoms with E-state index in [2.05, 4.69) is 11.7 Å². The Morgan fingerprint density at radius 3 is 1.95 bits per heavy atom. The molecule has 1 aliphatic heterocycles. The van der Waals surface area contributed by atoms with Crippen LogP contribution >= 0.6 is 10.2 Å². The van der Waals surface area contributed by atoms with E-state index < -0.39 is 55.6 Å². The maximum Gasteiger partial charge on any atom is 0.432 e. The van der Waals surface area contributed by atoms with E-state index in [0.29, 0.717) is 48.3 Å². The van der Waals surface area contributed by atoms with E-state index in [4.69, 9.17) is 4.74 Å². The third-order valence-corrected chi connectivity index (χ3v) is 9.13. The lowest BCUT2D eigenvalue weighted by Crippen LogP contribution is -2.30. The first-order valence-electron chi connectivity index (χ1n) is 13.2. The molecule has 1 fully saturated rings. The molecule has 0 radical (unpaired) electrons. The third-order valence-electron chi connectivity index (χ3n) is 7.97. The van der Waals surface area contributed by atoms with Gasteiger partial charge in [0.1, 0.15) is 39.4 Å². The molecule has 0 amide bonds. The molecule has 230 valence electrons. The van der Waals surface area contributed by atoms with Crippen LogP contribution in [0.2, 0.25) is 0 Å². The first-order chi connectivity index (χ1) is 19.3. The van der Waals surface area contributed by atoms with Gasteiger partial charge in [0, 0.05) is 5.56 Å². The summed E-state index contributed by atoms with van der Waals surface area (Å²) in [6.45, 7) is 2.60. The minimum absolute atomic E-state index is 0.174. The number of halogens is 10. The monoisotopic (exact) mass is 628 g/mol. The zero-order chi connectivity index (χ0) is 30.7. The van der Waals surface area contributed by atoms with Crippen molar-refractivity contribution in [1.29, 1.82) is 0 Å². The van der Waals surface area contributed by atoms with Gasteiger partial charge >= 0.3 is 16.3 Å². The van der Waals surface area contributed by atoms with Crippen LogP contribution in [-0.2, 0) is 12.5 Å². The zero-order valence-corrected chi connectivity index (χ0v) is 22.9. The minimum atomic E-state index is -10.1. The summed E-state index contributed by atoms with van der Waals surface area (Å²) in [5.41, 5.74) is -2.00. The molecule has 1 saturated carbocycles. The summed E-state index contributed by atoms with van der Waals surface area (Å²) in [5.74, 6) is -3.93. The van der Waals surface area contributed by atoms with Crippen LogP contribution < -0.4 is 9.47 Å². The van der Waals surface area contributed by atoms with E-state index in [9.17, 15) is 37.0 Å². The van der Waals surface area contributed by atoms with E-state index in [1.54, 1.807) is 0 Å². The van der Waals surface area contributed by atoms with E-state index in [1.807, 2.05) is 0 Å². The van der Waals surface area contributed by atoms with Crippen LogP contribution in [0.3, 0.4) is 0 Å². The van der Waals surface area contributed by atoms with Gasteiger partial charge in [0.25, 0.3) is 0 Å². The van der Waals surface area contributed by atoms with Crippen molar-refractivity contribution in [2.75, 3.05) is 6.61 Å². The molecule has 0 N–H and O–H groups in total. The molecule has 42 heavy (non-hydrogen) atoms. The standard InChI is InChI=1S/C29H26F10O2S/c1-16-2-4-17(5-3-16)20-10-19-13-24(30)23(14-27(19)40-15-20)18-11-25(31)28(26(32)12-18)29(33,34)41-21-6-8-22(9-7-21)42(35,36,37,38)39/h6-9,11-14,16-17,20H,2-5,10,15H2,1H3. The number of fused-ring (bicyclic) bond motifs is 1. The van der Waals surface area contributed by atoms with Crippen molar-refractivity contribution in [2.24, 2.45) is 17.8 Å². The molecule has 0 aromatic heterocycles. The highest BCUT2D eigenvalue weighted by Crippen LogP contribution is 3.02. The predicted octanol–water partition coefficient (Wildman–Crippen LogP) is 10.9. The Bertz CT molecular complexity index is 1480. The summed E-state index contributed by atoms with van der Waals surface area (Å²) in [5, 5.41) is 0. The Morgan fingerprint density at radius 2 is 1.38 bits per heavy atom. The van der Waals surface area contributed by atoms with Gasteiger partial charge in [0.2, 0.25) is 0 Å². The fourth-order valence-corrected chi connectivity index (χ4v) is 6.33. The molecule has 13 heteroatoms. The normalized spacial score (nSPS) is 22.9. The lowest BCUT2D eigenvalue weighted by atomic mass is 9.74. The van der Waals surface area contributed by atoms with Crippen LogP contribution in [0.4, 0.5) is 41.4 Å². The molecule has 3 aromatic rings. The second-order valence-corrected chi connectivity index (χ2v) is 13.5. The molecule has 5 rings (SSSR count). The van der Waals surface area contributed by atoms with Crippen LogP contribution in [-0.4, -0.2) is 6.61 Å². The maximum atomic E-state index is 15.1. The van der Waals surface area contributed by atoms with Gasteiger partial charge in [-0.25, -0.2) is 13.2 Å². The molecule has 2 nitrogen and oxygen atoms in total. The topological polar surface area (TPSA) is 18.5 Å². The van der Waals surface area contributed by atoms with Crippen LogP contribution in [0.25, 0.3) is 11.1 Å². The Balaban J connectivity index is 1.37. The first-order valence-corrected chi connectivity index (χ1v) is 15.1. The van der Waals surface area contributed by atoms with Crippen molar-refractivity contribution in [2.45, 2.75) is 50.0 Å². The molecule has 3 aromatic carbocycles. The second-order valence-electron chi connectivity index (χ2n) is 11.1. The molecule has 0 spiro atoms. The van der Waals surface area contributed by atoms with E-state index >= 15 is 4.39 Å². The Labute approximate surface area is 235 Å². The predicted molar refractivity (Wildman–Crippen MR) is 138 cm³/mol. The van der Waals surface area contributed by atoms with Crippen LogP contribution in [0.5, 0.6) is 11.5 Å². The Morgan fingerprint density at radius 1 is 0.786 bits per heavy atom. The number of ether oxygens (including phenoxy) is 2.